The quantitative estimate of drug-likeness (QED) is 0.682. The van der Waals surface area contributed by atoms with Crippen molar-refractivity contribution in [3.8, 4) is 11.5 Å². The van der Waals surface area contributed by atoms with Gasteiger partial charge in [-0.15, -0.1) is 10.2 Å². The first kappa shape index (κ1) is 13.4. The monoisotopic (exact) mass is 282 g/mol. The fourth-order valence-corrected chi connectivity index (χ4v) is 1.67. The average Bonchev–Trinajstić information content (AvgIpc) is 2.87. The van der Waals surface area contributed by atoms with E-state index in [0.29, 0.717) is 6.42 Å². The summed E-state index contributed by atoms with van der Waals surface area (Å²) in [5.74, 6) is 0.309. The smallest absolute Gasteiger partial charge is 0.283 e. The Morgan fingerprint density at radius 1 is 1.53 bits per heavy atom. The number of nitrogens with two attached hydrogens (primary N) is 1. The van der Waals surface area contributed by atoms with Gasteiger partial charge in [-0.05, 0) is 18.6 Å². The molecule has 2 rings (SSSR count). The highest BCUT2D eigenvalue weighted by molar-refractivity contribution is 6.30. The molecular weight excluding hydrogens is 272 g/mol. The second-order valence-corrected chi connectivity index (χ2v) is 4.32. The molecule has 100 valence electrons. The molecule has 0 aliphatic heterocycles. The molecule has 0 bridgehead atoms. The Labute approximate surface area is 113 Å². The van der Waals surface area contributed by atoms with Gasteiger partial charge in [0, 0.05) is 11.1 Å². The minimum atomic E-state index is -0.551. The third-order valence-electron chi connectivity index (χ3n) is 2.58. The summed E-state index contributed by atoms with van der Waals surface area (Å²) < 4.78 is 5.36. The lowest BCUT2D eigenvalue weighted by Crippen LogP contribution is -2.08. The van der Waals surface area contributed by atoms with Gasteiger partial charge in [-0.1, -0.05) is 18.5 Å². The topological polar surface area (TPSA) is 108 Å². The maximum absolute atomic E-state index is 11.0. The van der Waals surface area contributed by atoms with E-state index < -0.39 is 4.92 Å². The fourth-order valence-electron chi connectivity index (χ4n) is 1.50. The Hall–Kier alpha value is -1.99. The summed E-state index contributed by atoms with van der Waals surface area (Å²) in [6.07, 6.45) is 0.629. The predicted octanol–water partition coefficient (Wildman–Crippen LogP) is 2.71. The summed E-state index contributed by atoms with van der Waals surface area (Å²) in [6.45, 7) is 1.87. The van der Waals surface area contributed by atoms with Crippen LogP contribution in [0.4, 0.5) is 5.69 Å². The lowest BCUT2D eigenvalue weighted by Gasteiger charge is -2.01. The first-order chi connectivity index (χ1) is 9.02. The summed E-state index contributed by atoms with van der Waals surface area (Å²) in [7, 11) is 0. The zero-order valence-corrected chi connectivity index (χ0v) is 10.8. The molecule has 0 saturated heterocycles. The van der Waals surface area contributed by atoms with Gasteiger partial charge in [0.05, 0.1) is 11.0 Å². The van der Waals surface area contributed by atoms with Crippen molar-refractivity contribution in [3.63, 3.8) is 0 Å². The molecule has 1 aromatic carbocycles. The summed E-state index contributed by atoms with van der Waals surface area (Å²) in [4.78, 5) is 10.4. The molecule has 0 fully saturated rings. The summed E-state index contributed by atoms with van der Waals surface area (Å²) in [5.41, 5.74) is 5.79. The van der Waals surface area contributed by atoms with Gasteiger partial charge < -0.3 is 10.2 Å². The number of halogens is 1. The van der Waals surface area contributed by atoms with E-state index in [2.05, 4.69) is 10.2 Å². The fraction of sp³-hybridized carbons (Fsp3) is 0.273. The number of aromatic nitrogens is 2. The molecule has 7 nitrogen and oxygen atoms in total. The predicted molar refractivity (Wildman–Crippen MR) is 68.6 cm³/mol. The summed E-state index contributed by atoms with van der Waals surface area (Å²) in [5, 5.41) is 18.8. The molecule has 19 heavy (non-hydrogen) atoms. The highest BCUT2D eigenvalue weighted by atomic mass is 35.5. The molecular formula is C11H11ClN4O3. The van der Waals surface area contributed by atoms with Crippen LogP contribution in [0.5, 0.6) is 0 Å². The lowest BCUT2D eigenvalue weighted by atomic mass is 10.2. The van der Waals surface area contributed by atoms with Crippen LogP contribution in [0.1, 0.15) is 25.3 Å². The molecule has 1 heterocycles. The van der Waals surface area contributed by atoms with E-state index >= 15 is 0 Å². The number of benzene rings is 1. The molecule has 0 aliphatic carbocycles. The molecule has 8 heteroatoms. The standard InChI is InChI=1S/C11H11ClN4O3/c1-2-8(13)11-15-14-10(19-11)7-4-3-6(12)5-9(7)16(17)18/h3-5,8H,2,13H2,1H3. The van der Waals surface area contributed by atoms with Crippen LogP contribution in [0.25, 0.3) is 11.5 Å². The molecule has 2 aromatic rings. The van der Waals surface area contributed by atoms with Crippen LogP contribution in [0.2, 0.25) is 5.02 Å². The van der Waals surface area contributed by atoms with Gasteiger partial charge in [0.25, 0.3) is 11.6 Å². The van der Waals surface area contributed by atoms with Gasteiger partial charge in [0.1, 0.15) is 5.56 Å². The zero-order chi connectivity index (χ0) is 14.0. The maximum atomic E-state index is 11.0. The largest absolute Gasteiger partial charge is 0.419 e. The van der Waals surface area contributed by atoms with E-state index in [1.165, 1.54) is 18.2 Å². The molecule has 0 amide bonds. The van der Waals surface area contributed by atoms with Crippen LogP contribution in [0.3, 0.4) is 0 Å². The number of nitro benzene ring substituents is 1. The highest BCUT2D eigenvalue weighted by Gasteiger charge is 2.22. The number of nitro groups is 1. The van der Waals surface area contributed by atoms with Crippen LogP contribution in [-0.2, 0) is 0 Å². The minimum absolute atomic E-state index is 0.0577. The SMILES string of the molecule is CCC(N)c1nnc(-c2ccc(Cl)cc2[N+](=O)[O-])o1. The minimum Gasteiger partial charge on any atom is -0.419 e. The molecule has 0 saturated carbocycles. The van der Waals surface area contributed by atoms with Crippen molar-refractivity contribution < 1.29 is 9.34 Å². The zero-order valence-electron chi connectivity index (χ0n) is 10.0. The third-order valence-corrected chi connectivity index (χ3v) is 2.82. The second kappa shape index (κ2) is 5.33. The maximum Gasteiger partial charge on any atom is 0.283 e. The Morgan fingerprint density at radius 3 is 2.89 bits per heavy atom. The third kappa shape index (κ3) is 2.72. The molecule has 0 radical (unpaired) electrons. The van der Waals surface area contributed by atoms with Gasteiger partial charge in [0.15, 0.2) is 0 Å². The molecule has 1 atom stereocenters. The van der Waals surface area contributed by atoms with Crippen molar-refractivity contribution in [1.82, 2.24) is 10.2 Å². The van der Waals surface area contributed by atoms with Crippen LogP contribution in [0, 0.1) is 10.1 Å². The van der Waals surface area contributed by atoms with Crippen LogP contribution < -0.4 is 5.73 Å². The Bertz CT molecular complexity index is 614. The lowest BCUT2D eigenvalue weighted by molar-refractivity contribution is -0.384. The van der Waals surface area contributed by atoms with E-state index in [1.807, 2.05) is 6.92 Å². The molecule has 0 spiro atoms. The van der Waals surface area contributed by atoms with Gasteiger partial charge in [-0.25, -0.2) is 0 Å². The highest BCUT2D eigenvalue weighted by Crippen LogP contribution is 2.32. The van der Waals surface area contributed by atoms with Gasteiger partial charge in [-0.3, -0.25) is 10.1 Å². The van der Waals surface area contributed by atoms with Crippen molar-refractivity contribution in [2.24, 2.45) is 5.73 Å². The van der Waals surface area contributed by atoms with Crippen LogP contribution >= 0.6 is 11.6 Å². The Balaban J connectivity index is 2.47. The average molecular weight is 283 g/mol. The first-order valence-corrected chi connectivity index (χ1v) is 5.94. The van der Waals surface area contributed by atoms with E-state index in [1.54, 1.807) is 0 Å². The Morgan fingerprint density at radius 2 is 2.26 bits per heavy atom. The van der Waals surface area contributed by atoms with Crippen LogP contribution in [0.15, 0.2) is 22.6 Å². The summed E-state index contributed by atoms with van der Waals surface area (Å²) >= 11 is 5.74. The van der Waals surface area contributed by atoms with Crippen molar-refractivity contribution in [2.45, 2.75) is 19.4 Å². The molecule has 0 aliphatic rings. The number of rotatable bonds is 4. The van der Waals surface area contributed by atoms with Crippen LogP contribution in [-0.4, -0.2) is 15.1 Å². The van der Waals surface area contributed by atoms with E-state index in [-0.39, 0.29) is 34.1 Å². The normalized spacial score (nSPS) is 12.4. The molecule has 1 unspecified atom stereocenters. The number of hydrogen-bond donors (Lipinski definition) is 1. The van der Waals surface area contributed by atoms with E-state index in [4.69, 9.17) is 21.8 Å². The van der Waals surface area contributed by atoms with Gasteiger partial charge in [-0.2, -0.15) is 0 Å². The second-order valence-electron chi connectivity index (χ2n) is 3.88. The first-order valence-electron chi connectivity index (χ1n) is 5.56. The van der Waals surface area contributed by atoms with E-state index in [0.717, 1.165) is 0 Å². The van der Waals surface area contributed by atoms with Gasteiger partial charge >= 0.3 is 0 Å². The van der Waals surface area contributed by atoms with Crippen molar-refractivity contribution in [2.75, 3.05) is 0 Å². The van der Waals surface area contributed by atoms with Crippen molar-refractivity contribution in [1.29, 1.82) is 0 Å². The number of hydrogen-bond acceptors (Lipinski definition) is 6. The number of nitrogens with zero attached hydrogens (tertiary/aromatic N) is 3. The van der Waals surface area contributed by atoms with E-state index in [9.17, 15) is 10.1 Å². The molecule has 1 aromatic heterocycles. The summed E-state index contributed by atoms with van der Waals surface area (Å²) in [6, 6.07) is 3.84. The van der Waals surface area contributed by atoms with Crippen molar-refractivity contribution in [3.05, 3.63) is 39.2 Å². The Kier molecular flexibility index (Phi) is 3.77. The van der Waals surface area contributed by atoms with Gasteiger partial charge in [0.2, 0.25) is 5.89 Å². The molecule has 2 N–H and O–H groups in total. The van der Waals surface area contributed by atoms with Crippen molar-refractivity contribution >= 4 is 17.3 Å².